The largest absolute Gasteiger partial charge is 0.494 e. The van der Waals surface area contributed by atoms with Gasteiger partial charge >= 0.3 is 0 Å². The summed E-state index contributed by atoms with van der Waals surface area (Å²) in [7, 11) is 3.39. The van der Waals surface area contributed by atoms with Crippen LogP contribution in [-0.2, 0) is 16.6 Å². The number of aryl methyl sites for hydroxylation is 2. The van der Waals surface area contributed by atoms with Gasteiger partial charge in [-0.15, -0.1) is 0 Å². The number of carbonyl (C=O) groups excluding carboxylic acids is 1. The molecule has 3 aromatic heterocycles. The number of ether oxygens (including phenoxy) is 2. The van der Waals surface area contributed by atoms with Crippen LogP contribution in [0.1, 0.15) is 37.7 Å². The maximum atomic E-state index is 13.6. The number of halogens is 1. The van der Waals surface area contributed by atoms with E-state index in [4.69, 9.17) is 19.4 Å². The first-order valence-electron chi connectivity index (χ1n) is 12.7. The fourth-order valence-electron chi connectivity index (χ4n) is 4.90. The van der Waals surface area contributed by atoms with Gasteiger partial charge in [-0.3, -0.25) is 14.0 Å². The van der Waals surface area contributed by atoms with Crippen molar-refractivity contribution < 1.29 is 18.7 Å². The number of anilines is 3. The smallest absolute Gasteiger partial charge is 0.231 e. The van der Waals surface area contributed by atoms with E-state index < -0.39 is 12.1 Å². The first-order chi connectivity index (χ1) is 18.4. The SMILES string of the molecule is COc1c(Nc2cc(NC(=O)[C@H]3CC3F)nc3c2nc(C)n3C2CCCCO2)cccc1-c1ncn(C)n1. The molecule has 1 aliphatic carbocycles. The van der Waals surface area contributed by atoms with E-state index in [1.807, 2.05) is 29.7 Å². The second-order valence-electron chi connectivity index (χ2n) is 9.68. The number of hydrogen-bond acceptors (Lipinski definition) is 8. The zero-order valence-electron chi connectivity index (χ0n) is 21.4. The quantitative estimate of drug-likeness (QED) is 0.370. The number of nitrogens with zero attached hydrogens (tertiary/aromatic N) is 6. The Labute approximate surface area is 218 Å². The molecule has 0 spiro atoms. The van der Waals surface area contributed by atoms with Gasteiger partial charge in [-0.05, 0) is 44.7 Å². The van der Waals surface area contributed by atoms with Gasteiger partial charge in [-0.25, -0.2) is 19.3 Å². The summed E-state index contributed by atoms with van der Waals surface area (Å²) in [6, 6.07) is 7.35. The number of imidazole rings is 1. The zero-order chi connectivity index (χ0) is 26.4. The molecule has 2 aliphatic rings. The summed E-state index contributed by atoms with van der Waals surface area (Å²) in [6.45, 7) is 2.57. The van der Waals surface area contributed by atoms with Crippen molar-refractivity contribution >= 4 is 34.3 Å². The first-order valence-corrected chi connectivity index (χ1v) is 12.7. The van der Waals surface area contributed by atoms with Crippen LogP contribution in [0.4, 0.5) is 21.6 Å². The van der Waals surface area contributed by atoms with Crippen LogP contribution in [0.3, 0.4) is 0 Å². The van der Waals surface area contributed by atoms with E-state index in [0.717, 1.165) is 30.7 Å². The highest BCUT2D eigenvalue weighted by Crippen LogP contribution is 2.40. The van der Waals surface area contributed by atoms with Gasteiger partial charge in [0, 0.05) is 19.7 Å². The molecule has 4 aromatic rings. The lowest BCUT2D eigenvalue weighted by molar-refractivity contribution is -0.117. The van der Waals surface area contributed by atoms with Crippen LogP contribution in [0.5, 0.6) is 5.75 Å². The first kappa shape index (κ1) is 24.3. The number of hydrogen-bond donors (Lipinski definition) is 2. The Hall–Kier alpha value is -4.06. The molecule has 4 heterocycles. The maximum Gasteiger partial charge on any atom is 0.231 e. The van der Waals surface area contributed by atoms with Crippen molar-refractivity contribution in [3.63, 3.8) is 0 Å². The summed E-state index contributed by atoms with van der Waals surface area (Å²) in [5, 5.41) is 10.6. The van der Waals surface area contributed by atoms with Gasteiger partial charge in [-0.2, -0.15) is 5.10 Å². The van der Waals surface area contributed by atoms with Crippen LogP contribution in [-0.4, -0.2) is 55.1 Å². The number of para-hydroxylation sites is 1. The van der Waals surface area contributed by atoms with Crippen LogP contribution in [0.15, 0.2) is 30.6 Å². The maximum absolute atomic E-state index is 13.6. The van der Waals surface area contributed by atoms with Crippen molar-refractivity contribution in [2.24, 2.45) is 13.0 Å². The molecule has 11 nitrogen and oxygen atoms in total. The Morgan fingerprint density at radius 1 is 1.24 bits per heavy atom. The van der Waals surface area contributed by atoms with E-state index in [1.165, 1.54) is 0 Å². The van der Waals surface area contributed by atoms with Crippen LogP contribution in [0.2, 0.25) is 0 Å². The van der Waals surface area contributed by atoms with Crippen LogP contribution in [0.25, 0.3) is 22.6 Å². The summed E-state index contributed by atoms with van der Waals surface area (Å²) < 4.78 is 29.0. The molecule has 1 aliphatic heterocycles. The molecule has 1 aromatic carbocycles. The van der Waals surface area contributed by atoms with E-state index >= 15 is 0 Å². The van der Waals surface area contributed by atoms with Gasteiger partial charge in [0.2, 0.25) is 5.91 Å². The highest BCUT2D eigenvalue weighted by molar-refractivity contribution is 5.98. The molecule has 2 unspecified atom stereocenters. The fourth-order valence-corrected chi connectivity index (χ4v) is 4.90. The van der Waals surface area contributed by atoms with Crippen molar-refractivity contribution in [1.29, 1.82) is 0 Å². The van der Waals surface area contributed by atoms with Gasteiger partial charge in [0.15, 0.2) is 17.2 Å². The zero-order valence-corrected chi connectivity index (χ0v) is 21.4. The lowest BCUT2D eigenvalue weighted by Crippen LogP contribution is -2.20. The third-order valence-electron chi connectivity index (χ3n) is 6.90. The Morgan fingerprint density at radius 3 is 2.76 bits per heavy atom. The van der Waals surface area contributed by atoms with Crippen molar-refractivity contribution in [3.8, 4) is 17.1 Å². The van der Waals surface area contributed by atoms with Crippen LogP contribution < -0.4 is 15.4 Å². The third-order valence-corrected chi connectivity index (χ3v) is 6.90. The number of fused-ring (bicyclic) bond motifs is 1. The summed E-state index contributed by atoms with van der Waals surface area (Å²) >= 11 is 0. The highest BCUT2D eigenvalue weighted by Gasteiger charge is 2.43. The van der Waals surface area contributed by atoms with Crippen LogP contribution >= 0.6 is 0 Å². The Bertz CT molecular complexity index is 1510. The number of aromatic nitrogens is 6. The number of nitrogens with one attached hydrogen (secondary N) is 2. The topological polar surface area (TPSA) is 121 Å². The van der Waals surface area contributed by atoms with Gasteiger partial charge in [0.05, 0.1) is 30.0 Å². The number of methoxy groups -OCH3 is 1. The molecule has 0 bridgehead atoms. The number of benzene rings is 1. The summed E-state index contributed by atoms with van der Waals surface area (Å²) in [6.07, 6.45) is 3.44. The predicted molar refractivity (Wildman–Crippen MR) is 139 cm³/mol. The van der Waals surface area contributed by atoms with Gasteiger partial charge in [-0.1, -0.05) is 6.07 Å². The number of amides is 1. The minimum Gasteiger partial charge on any atom is -0.494 e. The second-order valence-corrected chi connectivity index (χ2v) is 9.68. The molecule has 1 saturated carbocycles. The fraction of sp³-hybridized carbons (Fsp3) is 0.423. The molecule has 0 radical (unpaired) electrons. The average Bonchev–Trinajstić information content (AvgIpc) is 3.33. The standard InChI is InChI=1S/C26H29FN8O3/c1-14-29-22-19(30-18-8-6-7-15(23(18)37-3)24-28-13-34(2)33-24)12-20(32-26(36)16-11-17(16)27)31-25(22)35(14)21-9-4-5-10-38-21/h6-8,12-13,16-17,21H,4-5,9-11H2,1-3H3,(H2,30,31,32,36)/t16-,17?,21?/m0/s1. The molecule has 3 atom stereocenters. The average molecular weight is 521 g/mol. The monoisotopic (exact) mass is 520 g/mol. The molecule has 2 fully saturated rings. The van der Waals surface area contributed by atoms with Crippen molar-refractivity contribution in [1.82, 2.24) is 29.3 Å². The molecule has 1 saturated heterocycles. The molecule has 12 heteroatoms. The second kappa shape index (κ2) is 9.67. The minimum absolute atomic E-state index is 0.202. The normalized spacial score (nSPS) is 20.9. The summed E-state index contributed by atoms with van der Waals surface area (Å²) in [5.41, 5.74) is 3.18. The minimum atomic E-state index is -1.10. The molecule has 1 amide bonds. The van der Waals surface area contributed by atoms with Crippen LogP contribution in [0, 0.1) is 12.8 Å². The third kappa shape index (κ3) is 4.44. The number of rotatable bonds is 7. The lowest BCUT2D eigenvalue weighted by Gasteiger charge is -2.25. The van der Waals surface area contributed by atoms with Crippen molar-refractivity contribution in [3.05, 3.63) is 36.4 Å². The Morgan fingerprint density at radius 2 is 2.08 bits per heavy atom. The summed E-state index contributed by atoms with van der Waals surface area (Å²) in [5.74, 6) is 1.12. The molecule has 2 N–H and O–H groups in total. The molecule has 198 valence electrons. The summed E-state index contributed by atoms with van der Waals surface area (Å²) in [4.78, 5) is 26.5. The van der Waals surface area contributed by atoms with Gasteiger partial charge in [0.25, 0.3) is 0 Å². The predicted octanol–water partition coefficient (Wildman–Crippen LogP) is 4.28. The Kier molecular flexibility index (Phi) is 6.18. The number of carbonyl (C=O) groups is 1. The van der Waals surface area contributed by atoms with E-state index in [1.54, 1.807) is 31.2 Å². The van der Waals surface area contributed by atoms with E-state index in [9.17, 15) is 9.18 Å². The van der Waals surface area contributed by atoms with E-state index in [0.29, 0.717) is 46.5 Å². The number of alkyl halides is 1. The van der Waals surface area contributed by atoms with Crippen molar-refractivity contribution in [2.75, 3.05) is 24.4 Å². The van der Waals surface area contributed by atoms with E-state index in [-0.39, 0.29) is 18.6 Å². The molecule has 38 heavy (non-hydrogen) atoms. The molecule has 6 rings (SSSR count). The van der Waals surface area contributed by atoms with Gasteiger partial charge in [0.1, 0.15) is 35.9 Å². The lowest BCUT2D eigenvalue weighted by atomic mass is 10.1. The van der Waals surface area contributed by atoms with Crippen molar-refractivity contribution in [2.45, 2.75) is 45.0 Å². The van der Waals surface area contributed by atoms with Gasteiger partial charge < -0.3 is 20.1 Å². The molecular weight excluding hydrogens is 491 g/mol. The Balaban J connectivity index is 1.44. The number of pyridine rings is 1. The van der Waals surface area contributed by atoms with E-state index in [2.05, 4.69) is 20.7 Å². The molecular formula is C26H29FN8O3. The highest BCUT2D eigenvalue weighted by atomic mass is 19.1.